The van der Waals surface area contributed by atoms with Crippen LogP contribution in [0.15, 0.2) is 35.9 Å². The van der Waals surface area contributed by atoms with E-state index in [4.69, 9.17) is 4.74 Å². The van der Waals surface area contributed by atoms with Gasteiger partial charge in [0.15, 0.2) is 0 Å². The molecular formula is C48H76N4O6. The standard InChI is InChI=1S/C48H76N4O6/c1-32(2)10-8-11-33(3)40-18-19-41-39-17-14-36-28-38(22-24-47(36,6)42(39)23-25-48(40,41)7)58-27-9-26-49-43(55)20-21-44(56)51-34(4)45(57)52-46(5,31-54)30-50-37-15-12-35(29-53)13-16-37/h12-16,31-34,38-42,50,53H,8-11,17-30H2,1-7H3,(H,49,55)(H,51,56)(H,52,57)/t33-,34+,38+,39+,40-,41+,42+,46?,47+,48-/m1/s1. The van der Waals surface area contributed by atoms with Gasteiger partial charge in [-0.3, -0.25) is 14.4 Å². The first-order valence-corrected chi connectivity index (χ1v) is 22.7. The van der Waals surface area contributed by atoms with E-state index in [1.54, 1.807) is 43.7 Å². The van der Waals surface area contributed by atoms with E-state index < -0.39 is 23.4 Å². The van der Waals surface area contributed by atoms with Crippen LogP contribution in [0.5, 0.6) is 0 Å². The normalized spacial score (nSPS) is 29.7. The molecule has 4 aliphatic rings. The lowest BCUT2D eigenvalue weighted by Gasteiger charge is -2.58. The second-order valence-corrected chi connectivity index (χ2v) is 19.8. The number of aldehydes is 1. The zero-order chi connectivity index (χ0) is 42.1. The molecule has 10 nitrogen and oxygen atoms in total. The lowest BCUT2D eigenvalue weighted by Crippen LogP contribution is -2.57. The first-order valence-electron chi connectivity index (χ1n) is 22.7. The Labute approximate surface area is 349 Å². The number of anilines is 1. The van der Waals surface area contributed by atoms with Crippen LogP contribution in [0, 0.1) is 46.3 Å². The Morgan fingerprint density at radius 2 is 1.69 bits per heavy atom. The van der Waals surface area contributed by atoms with Gasteiger partial charge in [-0.15, -0.1) is 0 Å². The van der Waals surface area contributed by atoms with Gasteiger partial charge in [-0.1, -0.05) is 77.7 Å². The quantitative estimate of drug-likeness (QED) is 0.0483. The highest BCUT2D eigenvalue weighted by molar-refractivity contribution is 5.91. The molecule has 1 aromatic carbocycles. The maximum Gasteiger partial charge on any atom is 0.243 e. The molecule has 0 aliphatic heterocycles. The number of ether oxygens (including phenoxy) is 1. The number of benzene rings is 1. The average Bonchev–Trinajstić information content (AvgIpc) is 3.56. The Morgan fingerprint density at radius 3 is 2.40 bits per heavy atom. The number of aliphatic hydroxyl groups excluding tert-OH is 1. The van der Waals surface area contributed by atoms with Crippen molar-refractivity contribution < 1.29 is 29.0 Å². The second-order valence-electron chi connectivity index (χ2n) is 19.8. The van der Waals surface area contributed by atoms with E-state index >= 15 is 0 Å². The molecule has 0 saturated heterocycles. The second kappa shape index (κ2) is 20.3. The molecule has 1 aromatic rings. The molecule has 58 heavy (non-hydrogen) atoms. The minimum atomic E-state index is -1.22. The minimum absolute atomic E-state index is 0.0155. The number of amides is 3. The number of fused-ring (bicyclic) bond motifs is 5. The van der Waals surface area contributed by atoms with Crippen LogP contribution in [0.25, 0.3) is 0 Å². The molecule has 1 unspecified atom stereocenters. The van der Waals surface area contributed by atoms with Crippen molar-refractivity contribution in [1.82, 2.24) is 16.0 Å². The molecular weight excluding hydrogens is 729 g/mol. The molecule has 10 heteroatoms. The van der Waals surface area contributed by atoms with Crippen molar-refractivity contribution in [3.63, 3.8) is 0 Å². The Balaban J connectivity index is 0.964. The molecule has 3 saturated carbocycles. The van der Waals surface area contributed by atoms with Gasteiger partial charge in [0.2, 0.25) is 17.7 Å². The highest BCUT2D eigenvalue weighted by Crippen LogP contribution is 2.67. The largest absolute Gasteiger partial charge is 0.392 e. The number of carbonyl (C=O) groups excluding carboxylic acids is 4. The first-order chi connectivity index (χ1) is 27.6. The monoisotopic (exact) mass is 805 g/mol. The van der Waals surface area contributed by atoms with Crippen molar-refractivity contribution in [2.75, 3.05) is 25.0 Å². The fourth-order valence-electron chi connectivity index (χ4n) is 11.6. The molecule has 0 bridgehead atoms. The van der Waals surface area contributed by atoms with Crippen molar-refractivity contribution in [3.8, 4) is 0 Å². The van der Waals surface area contributed by atoms with Crippen LogP contribution in [-0.4, -0.2) is 66.5 Å². The van der Waals surface area contributed by atoms with Gasteiger partial charge in [-0.05, 0) is 136 Å². The molecule has 5 N–H and O–H groups in total. The molecule has 10 atom stereocenters. The van der Waals surface area contributed by atoms with Crippen molar-refractivity contribution >= 4 is 29.7 Å². The summed E-state index contributed by atoms with van der Waals surface area (Å²) in [5.74, 6) is 3.90. The van der Waals surface area contributed by atoms with Crippen LogP contribution in [-0.2, 0) is 30.5 Å². The van der Waals surface area contributed by atoms with Crippen LogP contribution < -0.4 is 21.3 Å². The Kier molecular flexibility index (Phi) is 16.1. The molecule has 0 spiro atoms. The van der Waals surface area contributed by atoms with Gasteiger partial charge in [-0.25, -0.2) is 0 Å². The van der Waals surface area contributed by atoms with Gasteiger partial charge in [0.05, 0.1) is 12.7 Å². The van der Waals surface area contributed by atoms with E-state index in [-0.39, 0.29) is 38.0 Å². The predicted octanol–water partition coefficient (Wildman–Crippen LogP) is 7.88. The summed E-state index contributed by atoms with van der Waals surface area (Å²) in [4.78, 5) is 49.8. The highest BCUT2D eigenvalue weighted by Gasteiger charge is 2.59. The Hall–Kier alpha value is -3.24. The van der Waals surface area contributed by atoms with Crippen molar-refractivity contribution in [2.24, 2.45) is 46.3 Å². The lowest BCUT2D eigenvalue weighted by molar-refractivity contribution is -0.131. The predicted molar refractivity (Wildman–Crippen MR) is 231 cm³/mol. The van der Waals surface area contributed by atoms with Gasteiger partial charge in [-0.2, -0.15) is 0 Å². The molecule has 4 aliphatic carbocycles. The van der Waals surface area contributed by atoms with Crippen LogP contribution in [0.1, 0.15) is 144 Å². The van der Waals surface area contributed by atoms with Gasteiger partial charge < -0.3 is 35.9 Å². The topological polar surface area (TPSA) is 146 Å². The number of nitrogens with one attached hydrogen (secondary N) is 4. The van der Waals surface area contributed by atoms with E-state index in [9.17, 15) is 24.3 Å². The number of allylic oxidation sites excluding steroid dienone is 1. The third-order valence-electron chi connectivity index (χ3n) is 15.1. The van der Waals surface area contributed by atoms with E-state index in [1.165, 1.54) is 57.8 Å². The van der Waals surface area contributed by atoms with E-state index in [0.717, 1.165) is 59.6 Å². The SMILES string of the molecule is CC(C)CCC[C@@H](C)[C@H]1CC[C@H]2[C@@H]3CC=C4C[C@@H](OCCCNC(=O)CCC(=O)N[C@@H](C)C(=O)NC(C)(C=O)CNc5ccc(CO)cc5)CC[C@]4(C)[C@H]3CC[C@]12C. The molecule has 3 amide bonds. The van der Waals surface area contributed by atoms with Crippen molar-refractivity contribution in [1.29, 1.82) is 0 Å². The highest BCUT2D eigenvalue weighted by atomic mass is 16.5. The van der Waals surface area contributed by atoms with Crippen LogP contribution >= 0.6 is 0 Å². The summed E-state index contributed by atoms with van der Waals surface area (Å²) >= 11 is 0. The number of rotatable bonds is 21. The average molecular weight is 805 g/mol. The smallest absolute Gasteiger partial charge is 0.243 e. The van der Waals surface area contributed by atoms with E-state index in [2.05, 4.69) is 62.0 Å². The van der Waals surface area contributed by atoms with E-state index in [1.807, 2.05) is 0 Å². The first kappa shape index (κ1) is 45.8. The summed E-state index contributed by atoms with van der Waals surface area (Å²) in [6.45, 7) is 16.8. The molecule has 0 aromatic heterocycles. The number of hydrogen-bond donors (Lipinski definition) is 5. The van der Waals surface area contributed by atoms with Crippen LogP contribution in [0.2, 0.25) is 0 Å². The maximum atomic E-state index is 12.8. The number of hydrogen-bond acceptors (Lipinski definition) is 7. The van der Waals surface area contributed by atoms with Crippen molar-refractivity contribution in [2.45, 2.75) is 163 Å². The maximum absolute atomic E-state index is 12.8. The number of aliphatic hydroxyl groups is 1. The summed E-state index contributed by atoms with van der Waals surface area (Å²) in [5, 5.41) is 20.6. The zero-order valence-corrected chi connectivity index (χ0v) is 36.8. The summed E-state index contributed by atoms with van der Waals surface area (Å²) in [5.41, 5.74) is 2.74. The van der Waals surface area contributed by atoms with Gasteiger partial charge >= 0.3 is 0 Å². The molecule has 0 radical (unpaired) electrons. The molecule has 324 valence electrons. The summed E-state index contributed by atoms with van der Waals surface area (Å²) in [7, 11) is 0. The van der Waals surface area contributed by atoms with Gasteiger partial charge in [0, 0.05) is 38.2 Å². The molecule has 0 heterocycles. The summed E-state index contributed by atoms with van der Waals surface area (Å²) in [6.07, 6.45) is 18.5. The molecule has 5 rings (SSSR count). The minimum Gasteiger partial charge on any atom is -0.392 e. The third kappa shape index (κ3) is 11.3. The van der Waals surface area contributed by atoms with Crippen LogP contribution in [0.3, 0.4) is 0 Å². The number of carbonyl (C=O) groups is 4. The fourth-order valence-corrected chi connectivity index (χ4v) is 11.6. The van der Waals surface area contributed by atoms with Crippen molar-refractivity contribution in [3.05, 3.63) is 41.5 Å². The lowest BCUT2D eigenvalue weighted by atomic mass is 9.47. The zero-order valence-electron chi connectivity index (χ0n) is 36.8. The van der Waals surface area contributed by atoms with Crippen LogP contribution in [0.4, 0.5) is 5.69 Å². The Bertz CT molecular complexity index is 1580. The molecule has 3 fully saturated rings. The third-order valence-corrected chi connectivity index (χ3v) is 15.1. The van der Waals surface area contributed by atoms with Gasteiger partial charge in [0.25, 0.3) is 0 Å². The van der Waals surface area contributed by atoms with Gasteiger partial charge in [0.1, 0.15) is 17.9 Å². The summed E-state index contributed by atoms with van der Waals surface area (Å²) < 4.78 is 6.39. The van der Waals surface area contributed by atoms with E-state index in [0.29, 0.717) is 36.7 Å². The summed E-state index contributed by atoms with van der Waals surface area (Å²) in [6, 6.07) is 6.20. The Morgan fingerprint density at radius 1 is 0.948 bits per heavy atom. The fraction of sp³-hybridized carbons (Fsp3) is 0.750.